The van der Waals surface area contributed by atoms with Gasteiger partial charge in [-0.2, -0.15) is 5.10 Å². The molecule has 242 valence electrons. The molecule has 1 aromatic heterocycles. The van der Waals surface area contributed by atoms with Gasteiger partial charge in [-0.05, 0) is 111 Å². The Bertz CT molecular complexity index is 1480. The summed E-state index contributed by atoms with van der Waals surface area (Å²) in [6, 6.07) is 15.6. The van der Waals surface area contributed by atoms with E-state index >= 15 is 0 Å². The summed E-state index contributed by atoms with van der Waals surface area (Å²) in [4.78, 5) is 16.8. The molecule has 3 unspecified atom stereocenters. The van der Waals surface area contributed by atoms with Crippen molar-refractivity contribution in [3.8, 4) is 5.75 Å². The van der Waals surface area contributed by atoms with E-state index in [1.165, 1.54) is 22.9 Å². The molecule has 3 aromatic rings. The summed E-state index contributed by atoms with van der Waals surface area (Å²) in [7, 11) is 1.96. The lowest BCUT2D eigenvalue weighted by Gasteiger charge is -2.35. The highest BCUT2D eigenvalue weighted by Crippen LogP contribution is 2.44. The number of halogens is 1. The maximum Gasteiger partial charge on any atom is 0.321 e. The first kappa shape index (κ1) is 31.7. The zero-order valence-corrected chi connectivity index (χ0v) is 27.3. The molecule has 0 radical (unpaired) electrons. The molecule has 1 N–H and O–H groups in total. The topological polar surface area (TPSA) is 70.8 Å². The molecule has 0 bridgehead atoms. The average molecular weight is 617 g/mol. The fourth-order valence-corrected chi connectivity index (χ4v) is 8.36. The number of nitrogens with zero attached hydrogens (tertiary/aromatic N) is 4. The third-order valence-electron chi connectivity index (χ3n) is 10.7. The number of piperidine rings is 1. The zero-order valence-electron chi connectivity index (χ0n) is 27.3. The minimum atomic E-state index is -0.768. The smallest absolute Gasteiger partial charge is 0.321 e. The van der Waals surface area contributed by atoms with Crippen molar-refractivity contribution < 1.29 is 19.0 Å². The first-order chi connectivity index (χ1) is 21.7. The molecule has 3 aliphatic rings. The van der Waals surface area contributed by atoms with Gasteiger partial charge in [0.15, 0.2) is 0 Å². The number of rotatable bonds is 11. The fourth-order valence-electron chi connectivity index (χ4n) is 8.36. The number of hydrogen-bond acceptors (Lipinski definition) is 5. The van der Waals surface area contributed by atoms with Crippen LogP contribution in [0, 0.1) is 17.7 Å². The molecule has 1 aliphatic carbocycles. The molecule has 1 saturated heterocycles. The molecule has 7 nitrogen and oxygen atoms in total. The highest BCUT2D eigenvalue weighted by atomic mass is 19.1. The Morgan fingerprint density at radius 2 is 1.93 bits per heavy atom. The number of carboxylic acids is 1. The largest absolute Gasteiger partial charge is 0.493 e. The van der Waals surface area contributed by atoms with Crippen LogP contribution in [-0.4, -0.2) is 76.0 Å². The van der Waals surface area contributed by atoms with Crippen LogP contribution in [0.1, 0.15) is 86.4 Å². The molecule has 6 rings (SSSR count). The lowest BCUT2D eigenvalue weighted by Crippen LogP contribution is -2.47. The van der Waals surface area contributed by atoms with Gasteiger partial charge in [-0.15, -0.1) is 0 Å². The quantitative estimate of drug-likeness (QED) is 0.271. The number of likely N-dealkylation sites (N-methyl/N-ethyl adjacent to an activating group) is 1. The molecule has 2 aromatic carbocycles. The van der Waals surface area contributed by atoms with E-state index in [0.29, 0.717) is 11.8 Å². The Hall–Kier alpha value is -3.23. The Morgan fingerprint density at radius 1 is 1.13 bits per heavy atom. The number of aryl methyl sites for hydroxylation is 1. The van der Waals surface area contributed by atoms with Crippen molar-refractivity contribution in [2.45, 2.75) is 89.8 Å². The number of carbonyl (C=O) groups is 1. The van der Waals surface area contributed by atoms with E-state index in [1.807, 2.05) is 33.0 Å². The van der Waals surface area contributed by atoms with Gasteiger partial charge < -0.3 is 14.7 Å². The second kappa shape index (κ2) is 13.6. The Labute approximate surface area is 267 Å². The maximum absolute atomic E-state index is 14.3. The van der Waals surface area contributed by atoms with Crippen molar-refractivity contribution in [1.29, 1.82) is 0 Å². The normalized spacial score (nSPS) is 23.0. The highest BCUT2D eigenvalue weighted by molar-refractivity contribution is 5.73. The van der Waals surface area contributed by atoms with Crippen LogP contribution in [0.2, 0.25) is 0 Å². The SMILES string of the molecule is CCn1nc(Cc2ccc3c(c2)OCC3)cc1C1CCN(CC2CC(N(C)[C@@H](C(=O)O)C(C)C)CC2c2cccc(F)c2)CC1. The van der Waals surface area contributed by atoms with Crippen LogP contribution in [0.3, 0.4) is 0 Å². The molecule has 1 saturated carbocycles. The predicted octanol–water partition coefficient (Wildman–Crippen LogP) is 6.35. The maximum atomic E-state index is 14.3. The van der Waals surface area contributed by atoms with Crippen molar-refractivity contribution in [1.82, 2.24) is 19.6 Å². The van der Waals surface area contributed by atoms with Gasteiger partial charge in [-0.25, -0.2) is 4.39 Å². The van der Waals surface area contributed by atoms with Crippen LogP contribution in [-0.2, 0) is 24.2 Å². The van der Waals surface area contributed by atoms with E-state index in [0.717, 1.165) is 88.3 Å². The van der Waals surface area contributed by atoms with Gasteiger partial charge in [-0.3, -0.25) is 14.4 Å². The van der Waals surface area contributed by atoms with E-state index < -0.39 is 12.0 Å². The van der Waals surface area contributed by atoms with Crippen molar-refractivity contribution in [2.24, 2.45) is 11.8 Å². The number of benzene rings is 2. The number of carboxylic acid groups (broad SMARTS) is 1. The molecule has 8 heteroatoms. The lowest BCUT2D eigenvalue weighted by molar-refractivity contribution is -0.145. The van der Waals surface area contributed by atoms with Crippen LogP contribution >= 0.6 is 0 Å². The van der Waals surface area contributed by atoms with E-state index in [2.05, 4.69) is 45.7 Å². The van der Waals surface area contributed by atoms with Crippen LogP contribution in [0.25, 0.3) is 0 Å². The van der Waals surface area contributed by atoms with E-state index in [9.17, 15) is 14.3 Å². The summed E-state index contributed by atoms with van der Waals surface area (Å²) in [5.41, 5.74) is 6.05. The minimum absolute atomic E-state index is 0.0118. The number of fused-ring (bicyclic) bond motifs is 1. The number of aliphatic carboxylic acids is 1. The van der Waals surface area contributed by atoms with Crippen molar-refractivity contribution in [3.63, 3.8) is 0 Å². The number of ether oxygens (including phenoxy) is 1. The van der Waals surface area contributed by atoms with Gasteiger partial charge >= 0.3 is 5.97 Å². The van der Waals surface area contributed by atoms with Gasteiger partial charge in [0.2, 0.25) is 0 Å². The standard InChI is InChI=1S/C37H49FN4O3/c1-5-42-34(21-31(39-42)17-25-9-10-27-13-16-45-35(27)18-25)26-11-14-41(15-12-26)23-29-20-32(40(4)36(24(2)3)37(43)44)22-33(29)28-7-6-8-30(38)19-28/h6-10,18-19,21,24,26,29,32-33,36H,5,11-17,20,22-23H2,1-4H3,(H,43,44)/t29?,32?,33?,36-/m1/s1. The third kappa shape index (κ3) is 6.97. The van der Waals surface area contributed by atoms with Gasteiger partial charge in [0.25, 0.3) is 0 Å². The summed E-state index contributed by atoms with van der Waals surface area (Å²) in [5, 5.41) is 15.0. The summed E-state index contributed by atoms with van der Waals surface area (Å²) in [5.74, 6) is 1.11. The zero-order chi connectivity index (χ0) is 31.7. The second-order valence-electron chi connectivity index (χ2n) is 13.9. The predicted molar refractivity (Wildman–Crippen MR) is 174 cm³/mol. The van der Waals surface area contributed by atoms with Crippen molar-refractivity contribution in [2.75, 3.05) is 33.3 Å². The Morgan fingerprint density at radius 3 is 2.64 bits per heavy atom. The van der Waals surface area contributed by atoms with E-state index in [1.54, 1.807) is 6.07 Å². The molecular formula is C37H49FN4O3. The molecule has 2 aliphatic heterocycles. The minimum Gasteiger partial charge on any atom is -0.493 e. The Balaban J connectivity index is 1.12. The third-order valence-corrected chi connectivity index (χ3v) is 10.7. The van der Waals surface area contributed by atoms with Crippen LogP contribution in [0.5, 0.6) is 5.75 Å². The Kier molecular flexibility index (Phi) is 9.62. The number of hydrogen-bond donors (Lipinski definition) is 1. The first-order valence-corrected chi connectivity index (χ1v) is 16.9. The second-order valence-corrected chi connectivity index (χ2v) is 13.9. The molecule has 2 fully saturated rings. The summed E-state index contributed by atoms with van der Waals surface area (Å²) < 4.78 is 22.3. The van der Waals surface area contributed by atoms with Crippen LogP contribution in [0.4, 0.5) is 4.39 Å². The van der Waals surface area contributed by atoms with Crippen molar-refractivity contribution in [3.05, 3.63) is 82.4 Å². The molecule has 3 heterocycles. The molecule has 0 spiro atoms. The van der Waals surface area contributed by atoms with Gasteiger partial charge in [0, 0.05) is 43.6 Å². The van der Waals surface area contributed by atoms with E-state index in [4.69, 9.17) is 9.84 Å². The van der Waals surface area contributed by atoms with Crippen LogP contribution < -0.4 is 4.74 Å². The monoisotopic (exact) mass is 616 g/mol. The highest BCUT2D eigenvalue weighted by Gasteiger charge is 2.42. The molecule has 45 heavy (non-hydrogen) atoms. The van der Waals surface area contributed by atoms with Gasteiger partial charge in [0.05, 0.1) is 12.3 Å². The van der Waals surface area contributed by atoms with Crippen molar-refractivity contribution >= 4 is 5.97 Å². The summed E-state index contributed by atoms with van der Waals surface area (Å²) in [6.07, 6.45) is 5.77. The van der Waals surface area contributed by atoms with E-state index in [-0.39, 0.29) is 23.7 Å². The molecular weight excluding hydrogens is 567 g/mol. The number of likely N-dealkylation sites (tertiary alicyclic amines) is 1. The molecule has 0 amide bonds. The van der Waals surface area contributed by atoms with Crippen LogP contribution in [0.15, 0.2) is 48.5 Å². The number of aromatic nitrogens is 2. The fraction of sp³-hybridized carbons (Fsp3) is 0.568. The summed E-state index contributed by atoms with van der Waals surface area (Å²) in [6.45, 7) is 10.8. The van der Waals surface area contributed by atoms with Gasteiger partial charge in [-0.1, -0.05) is 38.1 Å². The first-order valence-electron chi connectivity index (χ1n) is 16.9. The average Bonchev–Trinajstić information content (AvgIpc) is 3.75. The summed E-state index contributed by atoms with van der Waals surface area (Å²) >= 11 is 0. The van der Waals surface area contributed by atoms with Gasteiger partial charge in [0.1, 0.15) is 17.6 Å². The molecule has 4 atom stereocenters. The lowest BCUT2D eigenvalue weighted by atomic mass is 9.87.